The highest BCUT2D eigenvalue weighted by Crippen LogP contribution is 2.30. The summed E-state index contributed by atoms with van der Waals surface area (Å²) in [6.07, 6.45) is 0.662. The van der Waals surface area contributed by atoms with E-state index < -0.39 is 11.2 Å². The first-order valence-electron chi connectivity index (χ1n) is 6.82. The van der Waals surface area contributed by atoms with Crippen LogP contribution in [0.25, 0.3) is 0 Å². The summed E-state index contributed by atoms with van der Waals surface area (Å²) >= 11 is 0. The molecule has 0 saturated carbocycles. The number of carbonyl (C=O) groups excluding carboxylic acids is 2. The minimum absolute atomic E-state index is 0.0245. The number of hydrogen-bond acceptors (Lipinski definition) is 4. The van der Waals surface area contributed by atoms with Crippen LogP contribution in [0, 0.1) is 11.2 Å². The van der Waals surface area contributed by atoms with Gasteiger partial charge in [0.05, 0.1) is 17.5 Å². The molecule has 2 N–H and O–H groups in total. The number of Topliss-reactive ketones (excluding diaryl/α,β-unsaturated/α-hetero) is 1. The van der Waals surface area contributed by atoms with E-state index in [2.05, 4.69) is 5.32 Å². The summed E-state index contributed by atoms with van der Waals surface area (Å²) in [5, 5.41) is 12.3. The predicted molar refractivity (Wildman–Crippen MR) is 75.6 cm³/mol. The van der Waals surface area contributed by atoms with E-state index in [-0.39, 0.29) is 29.5 Å². The van der Waals surface area contributed by atoms with Gasteiger partial charge in [0.15, 0.2) is 5.78 Å². The lowest BCUT2D eigenvalue weighted by molar-refractivity contribution is -0.129. The van der Waals surface area contributed by atoms with Crippen molar-refractivity contribution in [2.24, 2.45) is 5.41 Å². The fourth-order valence-electron chi connectivity index (χ4n) is 2.70. The Morgan fingerprint density at radius 3 is 2.86 bits per heavy atom. The lowest BCUT2D eigenvalue weighted by atomic mass is 9.89. The van der Waals surface area contributed by atoms with Crippen LogP contribution in [0.5, 0.6) is 5.75 Å². The lowest BCUT2D eigenvalue weighted by Gasteiger charge is -2.22. The molecule has 1 unspecified atom stereocenters. The van der Waals surface area contributed by atoms with Crippen LogP contribution >= 0.6 is 0 Å². The second kappa shape index (κ2) is 5.81. The normalized spacial score (nSPS) is 22.2. The Labute approximate surface area is 122 Å². The molecule has 1 amide bonds. The monoisotopic (exact) mass is 294 g/mol. The van der Waals surface area contributed by atoms with E-state index in [0.717, 1.165) is 12.1 Å². The SMILES string of the molecule is CNC(=O)C1(C)CCN(CC(=O)c2cc(F)ccc2O)C1. The standard InChI is InChI=1S/C15H19FN2O3/c1-15(14(21)17-2)5-6-18(9-15)8-13(20)11-7-10(16)3-4-12(11)19/h3-4,7,19H,5-6,8-9H2,1-2H3,(H,17,21). The van der Waals surface area contributed by atoms with Crippen molar-refractivity contribution in [1.82, 2.24) is 10.2 Å². The number of carbonyl (C=O) groups is 2. The number of phenolic OH excluding ortho intramolecular Hbond substituents is 1. The minimum atomic E-state index is -0.562. The van der Waals surface area contributed by atoms with Gasteiger partial charge < -0.3 is 10.4 Å². The Morgan fingerprint density at radius 1 is 1.48 bits per heavy atom. The highest BCUT2D eigenvalue weighted by Gasteiger charge is 2.40. The van der Waals surface area contributed by atoms with Gasteiger partial charge in [-0.1, -0.05) is 0 Å². The quantitative estimate of drug-likeness (QED) is 0.818. The maximum Gasteiger partial charge on any atom is 0.227 e. The summed E-state index contributed by atoms with van der Waals surface area (Å²) in [6, 6.07) is 3.30. The first-order chi connectivity index (χ1) is 9.85. The molecule has 0 radical (unpaired) electrons. The smallest absolute Gasteiger partial charge is 0.227 e. The summed E-state index contributed by atoms with van der Waals surface area (Å²) in [5.41, 5.74) is -0.539. The van der Waals surface area contributed by atoms with Gasteiger partial charge in [0, 0.05) is 13.6 Å². The fraction of sp³-hybridized carbons (Fsp3) is 0.467. The maximum atomic E-state index is 13.2. The second-order valence-corrected chi connectivity index (χ2v) is 5.69. The molecule has 1 fully saturated rings. The molecule has 1 atom stereocenters. The van der Waals surface area contributed by atoms with Crippen LogP contribution in [0.15, 0.2) is 18.2 Å². The van der Waals surface area contributed by atoms with E-state index in [9.17, 15) is 19.1 Å². The van der Waals surface area contributed by atoms with Gasteiger partial charge in [-0.3, -0.25) is 14.5 Å². The zero-order valence-corrected chi connectivity index (χ0v) is 12.1. The van der Waals surface area contributed by atoms with E-state index in [1.807, 2.05) is 11.8 Å². The number of rotatable bonds is 4. The molecule has 0 bridgehead atoms. The van der Waals surface area contributed by atoms with Crippen molar-refractivity contribution >= 4 is 11.7 Å². The third kappa shape index (κ3) is 3.21. The lowest BCUT2D eigenvalue weighted by Crippen LogP contribution is -2.40. The molecule has 6 heteroatoms. The third-order valence-corrected chi connectivity index (χ3v) is 3.95. The summed E-state index contributed by atoms with van der Waals surface area (Å²) in [7, 11) is 1.59. The van der Waals surface area contributed by atoms with E-state index in [1.165, 1.54) is 6.07 Å². The molecule has 0 aromatic heterocycles. The summed E-state index contributed by atoms with van der Waals surface area (Å²) in [6.45, 7) is 3.00. The predicted octanol–water partition coefficient (Wildman–Crippen LogP) is 1.17. The van der Waals surface area contributed by atoms with Gasteiger partial charge in [-0.15, -0.1) is 0 Å². The van der Waals surface area contributed by atoms with Crippen molar-refractivity contribution < 1.29 is 19.1 Å². The Kier molecular flexibility index (Phi) is 4.27. The Hall–Kier alpha value is -1.95. The summed E-state index contributed by atoms with van der Waals surface area (Å²) < 4.78 is 13.2. The second-order valence-electron chi connectivity index (χ2n) is 5.69. The van der Waals surface area contributed by atoms with E-state index in [4.69, 9.17) is 0 Å². The van der Waals surface area contributed by atoms with Gasteiger partial charge in [0.25, 0.3) is 0 Å². The fourth-order valence-corrected chi connectivity index (χ4v) is 2.70. The van der Waals surface area contributed by atoms with E-state index in [0.29, 0.717) is 19.5 Å². The van der Waals surface area contributed by atoms with E-state index in [1.54, 1.807) is 7.05 Å². The molecule has 1 aromatic carbocycles. The largest absolute Gasteiger partial charge is 0.507 e. The molecule has 2 rings (SSSR count). The van der Waals surface area contributed by atoms with Gasteiger partial charge in [-0.25, -0.2) is 4.39 Å². The van der Waals surface area contributed by atoms with Crippen LogP contribution in [0.3, 0.4) is 0 Å². The number of halogens is 1. The molecule has 1 saturated heterocycles. The Bertz CT molecular complexity index is 576. The van der Waals surface area contributed by atoms with Crippen LogP contribution in [0.1, 0.15) is 23.7 Å². The van der Waals surface area contributed by atoms with Crippen LogP contribution < -0.4 is 5.32 Å². The van der Waals surface area contributed by atoms with Crippen LogP contribution in [0.4, 0.5) is 4.39 Å². The topological polar surface area (TPSA) is 69.6 Å². The van der Waals surface area contributed by atoms with Gasteiger partial charge >= 0.3 is 0 Å². The van der Waals surface area contributed by atoms with Crippen molar-refractivity contribution in [2.45, 2.75) is 13.3 Å². The number of phenols is 1. The zero-order valence-electron chi connectivity index (χ0n) is 12.1. The van der Waals surface area contributed by atoms with Crippen molar-refractivity contribution in [3.05, 3.63) is 29.6 Å². The number of ketones is 1. The van der Waals surface area contributed by atoms with Gasteiger partial charge in [-0.2, -0.15) is 0 Å². The Balaban J connectivity index is 2.05. The highest BCUT2D eigenvalue weighted by molar-refractivity contribution is 6.00. The molecule has 1 aliphatic rings. The average Bonchev–Trinajstić information content (AvgIpc) is 2.83. The van der Waals surface area contributed by atoms with Gasteiger partial charge in [0.1, 0.15) is 11.6 Å². The molecular formula is C15H19FN2O3. The highest BCUT2D eigenvalue weighted by atomic mass is 19.1. The van der Waals surface area contributed by atoms with E-state index >= 15 is 0 Å². The number of nitrogens with zero attached hydrogens (tertiary/aromatic N) is 1. The molecule has 21 heavy (non-hydrogen) atoms. The van der Waals surface area contributed by atoms with Crippen LogP contribution in [-0.4, -0.2) is 48.4 Å². The molecule has 0 aliphatic carbocycles. The van der Waals surface area contributed by atoms with Gasteiger partial charge in [0.2, 0.25) is 5.91 Å². The minimum Gasteiger partial charge on any atom is -0.507 e. The summed E-state index contributed by atoms with van der Waals surface area (Å²) in [4.78, 5) is 25.8. The van der Waals surface area contributed by atoms with Crippen molar-refractivity contribution in [2.75, 3.05) is 26.7 Å². The first kappa shape index (κ1) is 15.4. The van der Waals surface area contributed by atoms with Crippen LogP contribution in [0.2, 0.25) is 0 Å². The number of likely N-dealkylation sites (tertiary alicyclic amines) is 1. The van der Waals surface area contributed by atoms with Crippen LogP contribution in [-0.2, 0) is 4.79 Å². The molecular weight excluding hydrogens is 275 g/mol. The number of benzene rings is 1. The first-order valence-corrected chi connectivity index (χ1v) is 6.82. The number of aromatic hydroxyl groups is 1. The molecule has 1 heterocycles. The molecule has 1 aromatic rings. The average molecular weight is 294 g/mol. The molecule has 5 nitrogen and oxygen atoms in total. The van der Waals surface area contributed by atoms with Crippen molar-refractivity contribution in [1.29, 1.82) is 0 Å². The number of nitrogens with one attached hydrogen (secondary N) is 1. The van der Waals surface area contributed by atoms with Crippen molar-refractivity contribution in [3.63, 3.8) is 0 Å². The summed E-state index contributed by atoms with van der Waals surface area (Å²) in [5.74, 6) is -1.19. The number of amides is 1. The third-order valence-electron chi connectivity index (χ3n) is 3.95. The van der Waals surface area contributed by atoms with Crippen molar-refractivity contribution in [3.8, 4) is 5.75 Å². The van der Waals surface area contributed by atoms with Gasteiger partial charge in [-0.05, 0) is 38.1 Å². The molecule has 1 aliphatic heterocycles. The number of hydrogen-bond donors (Lipinski definition) is 2. The molecule has 0 spiro atoms. The molecule has 114 valence electrons. The maximum absolute atomic E-state index is 13.2. The zero-order chi connectivity index (χ0) is 15.6. The Morgan fingerprint density at radius 2 is 2.19 bits per heavy atom.